The Morgan fingerprint density at radius 1 is 0.818 bits per heavy atom. The van der Waals surface area contributed by atoms with Crippen LogP contribution in [-0.2, 0) is 16.4 Å². The van der Waals surface area contributed by atoms with E-state index in [2.05, 4.69) is 10.0 Å². The summed E-state index contributed by atoms with van der Waals surface area (Å²) in [7, 11) is 0.724. The van der Waals surface area contributed by atoms with Gasteiger partial charge in [0.1, 0.15) is 5.75 Å². The molecule has 0 saturated carbocycles. The second-order valence-corrected chi connectivity index (χ2v) is 8.79. The number of carbonyl (C=O) groups is 1. The lowest BCUT2D eigenvalue weighted by atomic mass is 10.1. The van der Waals surface area contributed by atoms with Crippen molar-refractivity contribution in [1.29, 1.82) is 0 Å². The molecule has 0 heterocycles. The Hall–Kier alpha value is -3.56. The first-order valence-electron chi connectivity index (χ1n) is 10.1. The number of benzene rings is 3. The molecule has 1 amide bonds. The lowest BCUT2D eigenvalue weighted by Gasteiger charge is -2.13. The Bertz CT molecular complexity index is 1210. The number of sulfonamides is 1. The van der Waals surface area contributed by atoms with E-state index in [-0.39, 0.29) is 23.0 Å². The lowest BCUT2D eigenvalue weighted by Crippen LogP contribution is -2.26. The minimum Gasteiger partial charge on any atom is -0.495 e. The molecule has 0 aliphatic heterocycles. The second kappa shape index (κ2) is 10.8. The minimum atomic E-state index is -3.82. The van der Waals surface area contributed by atoms with Gasteiger partial charge in [0, 0.05) is 12.1 Å². The zero-order chi connectivity index (χ0) is 23.8. The van der Waals surface area contributed by atoms with Crippen LogP contribution in [0.15, 0.2) is 71.6 Å². The van der Waals surface area contributed by atoms with Gasteiger partial charge >= 0.3 is 0 Å². The van der Waals surface area contributed by atoms with Crippen molar-refractivity contribution in [3.8, 4) is 17.2 Å². The first-order valence-corrected chi connectivity index (χ1v) is 11.6. The molecule has 0 unspecified atom stereocenters. The first kappa shape index (κ1) is 24.1. The van der Waals surface area contributed by atoms with Crippen molar-refractivity contribution in [1.82, 2.24) is 4.72 Å². The van der Waals surface area contributed by atoms with Gasteiger partial charge in [0.2, 0.25) is 10.0 Å². The molecule has 8 nitrogen and oxygen atoms in total. The fourth-order valence-electron chi connectivity index (χ4n) is 3.19. The van der Waals surface area contributed by atoms with Crippen LogP contribution >= 0.6 is 0 Å². The monoisotopic (exact) mass is 470 g/mol. The summed E-state index contributed by atoms with van der Waals surface area (Å²) in [5.41, 5.74) is 1.59. The number of methoxy groups -OCH3 is 3. The van der Waals surface area contributed by atoms with Crippen molar-refractivity contribution in [2.24, 2.45) is 0 Å². The van der Waals surface area contributed by atoms with Gasteiger partial charge in [-0.25, -0.2) is 13.1 Å². The van der Waals surface area contributed by atoms with Gasteiger partial charge in [-0.2, -0.15) is 0 Å². The average molecular weight is 471 g/mol. The van der Waals surface area contributed by atoms with E-state index >= 15 is 0 Å². The largest absolute Gasteiger partial charge is 0.495 e. The van der Waals surface area contributed by atoms with E-state index in [4.69, 9.17) is 14.2 Å². The summed E-state index contributed by atoms with van der Waals surface area (Å²) in [6.45, 7) is 0.176. The van der Waals surface area contributed by atoms with Gasteiger partial charge in [-0.3, -0.25) is 4.79 Å². The summed E-state index contributed by atoms with van der Waals surface area (Å²) < 4.78 is 44.1. The zero-order valence-corrected chi connectivity index (χ0v) is 19.4. The molecule has 0 aliphatic carbocycles. The summed E-state index contributed by atoms with van der Waals surface area (Å²) in [5, 5.41) is 2.71. The highest BCUT2D eigenvalue weighted by Crippen LogP contribution is 2.29. The van der Waals surface area contributed by atoms with Crippen molar-refractivity contribution in [2.45, 2.75) is 11.3 Å². The summed E-state index contributed by atoms with van der Waals surface area (Å²) in [4.78, 5) is 12.5. The summed E-state index contributed by atoms with van der Waals surface area (Å²) in [6, 6.07) is 18.3. The van der Waals surface area contributed by atoms with Gasteiger partial charge in [0.05, 0.1) is 31.9 Å². The van der Waals surface area contributed by atoms with Gasteiger partial charge in [-0.05, 0) is 54.4 Å². The van der Waals surface area contributed by atoms with Gasteiger partial charge in [0.15, 0.2) is 11.5 Å². The van der Waals surface area contributed by atoms with Crippen LogP contribution in [0.3, 0.4) is 0 Å². The van der Waals surface area contributed by atoms with E-state index in [1.165, 1.54) is 25.3 Å². The molecule has 0 saturated heterocycles. The lowest BCUT2D eigenvalue weighted by molar-refractivity contribution is 0.102. The van der Waals surface area contributed by atoms with E-state index in [0.29, 0.717) is 29.2 Å². The quantitative estimate of drug-likeness (QED) is 0.470. The standard InChI is InChI=1S/C24H26N2O6S/c1-30-21-12-10-19(16-20(21)26-24(27)18-7-5-4-6-8-18)33(28,29)25-14-13-17-9-11-22(31-2)23(15-17)32-3/h4-12,15-16,25H,13-14H2,1-3H3,(H,26,27). The highest BCUT2D eigenvalue weighted by Gasteiger charge is 2.18. The molecule has 0 aliphatic rings. The molecule has 174 valence electrons. The Labute approximate surface area is 193 Å². The van der Waals surface area contributed by atoms with Crippen LogP contribution in [-0.4, -0.2) is 42.2 Å². The molecule has 0 aromatic heterocycles. The fraction of sp³-hybridized carbons (Fsp3) is 0.208. The maximum Gasteiger partial charge on any atom is 0.255 e. The molecular formula is C24H26N2O6S. The predicted molar refractivity (Wildman–Crippen MR) is 126 cm³/mol. The summed E-state index contributed by atoms with van der Waals surface area (Å²) in [5.74, 6) is 1.16. The number of anilines is 1. The van der Waals surface area contributed by atoms with Gasteiger partial charge in [-0.15, -0.1) is 0 Å². The Kier molecular flexibility index (Phi) is 7.92. The maximum absolute atomic E-state index is 12.8. The van der Waals surface area contributed by atoms with Crippen molar-refractivity contribution < 1.29 is 27.4 Å². The number of nitrogens with one attached hydrogen (secondary N) is 2. The van der Waals surface area contributed by atoms with E-state index < -0.39 is 10.0 Å². The third kappa shape index (κ3) is 6.03. The zero-order valence-electron chi connectivity index (χ0n) is 18.6. The molecule has 3 rings (SSSR count). The van der Waals surface area contributed by atoms with Crippen LogP contribution in [0.25, 0.3) is 0 Å². The highest BCUT2D eigenvalue weighted by atomic mass is 32.2. The summed E-state index contributed by atoms with van der Waals surface area (Å²) in [6.07, 6.45) is 0.452. The molecule has 0 bridgehead atoms. The van der Waals surface area contributed by atoms with Gasteiger partial charge < -0.3 is 19.5 Å². The molecule has 0 atom stereocenters. The van der Waals surface area contributed by atoms with E-state index in [0.717, 1.165) is 5.56 Å². The second-order valence-electron chi connectivity index (χ2n) is 7.02. The Balaban J connectivity index is 1.72. The molecule has 33 heavy (non-hydrogen) atoms. The van der Waals surface area contributed by atoms with Crippen molar-refractivity contribution in [3.05, 3.63) is 77.9 Å². The Morgan fingerprint density at radius 3 is 2.15 bits per heavy atom. The van der Waals surface area contributed by atoms with E-state index in [1.54, 1.807) is 56.7 Å². The molecule has 0 fully saturated rings. The normalized spacial score (nSPS) is 11.0. The summed E-state index contributed by atoms with van der Waals surface area (Å²) >= 11 is 0. The number of hydrogen-bond acceptors (Lipinski definition) is 6. The van der Waals surface area contributed by atoms with Crippen LogP contribution in [0.5, 0.6) is 17.2 Å². The SMILES string of the molecule is COc1ccc(S(=O)(=O)NCCc2ccc(OC)c(OC)c2)cc1NC(=O)c1ccccc1. The first-order chi connectivity index (χ1) is 15.9. The molecule has 0 radical (unpaired) electrons. The molecule has 0 spiro atoms. The van der Waals surface area contributed by atoms with Gasteiger partial charge in [0.25, 0.3) is 5.91 Å². The van der Waals surface area contributed by atoms with Crippen molar-refractivity contribution in [3.63, 3.8) is 0 Å². The molecule has 9 heteroatoms. The number of carbonyl (C=O) groups excluding carboxylic acids is 1. The molecule has 2 N–H and O–H groups in total. The van der Waals surface area contributed by atoms with Crippen LogP contribution in [0, 0.1) is 0 Å². The van der Waals surface area contributed by atoms with Gasteiger partial charge in [-0.1, -0.05) is 24.3 Å². The highest BCUT2D eigenvalue weighted by molar-refractivity contribution is 7.89. The van der Waals surface area contributed by atoms with Crippen molar-refractivity contribution >= 4 is 21.6 Å². The van der Waals surface area contributed by atoms with Crippen molar-refractivity contribution in [2.75, 3.05) is 33.2 Å². The molecule has 3 aromatic rings. The molecule has 3 aromatic carbocycles. The minimum absolute atomic E-state index is 0.0129. The predicted octanol–water partition coefficient (Wildman–Crippen LogP) is 3.49. The van der Waals surface area contributed by atoms with Crippen LogP contribution in [0.1, 0.15) is 15.9 Å². The van der Waals surface area contributed by atoms with Crippen LogP contribution < -0.4 is 24.2 Å². The van der Waals surface area contributed by atoms with Crippen LogP contribution in [0.4, 0.5) is 5.69 Å². The fourth-order valence-corrected chi connectivity index (χ4v) is 4.24. The topological polar surface area (TPSA) is 103 Å². The Morgan fingerprint density at radius 2 is 1.48 bits per heavy atom. The number of rotatable bonds is 10. The maximum atomic E-state index is 12.8. The van der Waals surface area contributed by atoms with E-state index in [1.807, 2.05) is 6.07 Å². The van der Waals surface area contributed by atoms with E-state index in [9.17, 15) is 13.2 Å². The number of hydrogen-bond donors (Lipinski definition) is 2. The number of amides is 1. The molecular weight excluding hydrogens is 444 g/mol. The third-order valence-corrected chi connectivity index (χ3v) is 6.38. The average Bonchev–Trinajstić information content (AvgIpc) is 2.84. The third-order valence-electron chi connectivity index (χ3n) is 4.92. The van der Waals surface area contributed by atoms with Crippen LogP contribution in [0.2, 0.25) is 0 Å². The number of ether oxygens (including phenoxy) is 3. The smallest absolute Gasteiger partial charge is 0.255 e.